The summed E-state index contributed by atoms with van der Waals surface area (Å²) in [6.07, 6.45) is 51.2. The van der Waals surface area contributed by atoms with E-state index < -0.39 is 0 Å². The van der Waals surface area contributed by atoms with Crippen LogP contribution in [0.15, 0.2) is 12.4 Å². The molecule has 0 aromatic carbocycles. The third-order valence-corrected chi connectivity index (χ3v) is 10.3. The summed E-state index contributed by atoms with van der Waals surface area (Å²) in [6, 6.07) is 0.588. The van der Waals surface area contributed by atoms with Crippen LogP contribution in [0.5, 0.6) is 0 Å². The van der Waals surface area contributed by atoms with Gasteiger partial charge in [0.2, 0.25) is 0 Å². The van der Waals surface area contributed by atoms with Gasteiger partial charge >= 0.3 is 0 Å². The van der Waals surface area contributed by atoms with Gasteiger partial charge in [0.25, 0.3) is 0 Å². The first kappa shape index (κ1) is 41.2. The van der Waals surface area contributed by atoms with Crippen molar-refractivity contribution >= 4 is 0 Å². The van der Waals surface area contributed by atoms with Crippen LogP contribution in [0.1, 0.15) is 257 Å². The minimum atomic E-state index is 0.588. The summed E-state index contributed by atoms with van der Waals surface area (Å²) >= 11 is 0. The minimum absolute atomic E-state index is 0.588. The average Bonchev–Trinajstić information content (AvgIpc) is 3.53. The Morgan fingerprint density at radius 1 is 0.432 bits per heavy atom. The van der Waals surface area contributed by atoms with E-state index in [9.17, 15) is 0 Å². The summed E-state index contributed by atoms with van der Waals surface area (Å²) in [5, 5.41) is 0. The molecule has 2 nitrogen and oxygen atoms in total. The standard InChI is InChI=1S/C42H82N2/c1-5-8-11-14-17-19-21-23-25-27-29-32-35-40(4)44-39-38-43-42(44)41(36-33-30-16-13-10-7-3)37-34-31-28-26-24-22-20-18-15-12-9-6-2/h38-41H,5-37H2,1-4H3. The monoisotopic (exact) mass is 615 g/mol. The van der Waals surface area contributed by atoms with Crippen molar-refractivity contribution < 1.29 is 0 Å². The molecular formula is C42H82N2. The van der Waals surface area contributed by atoms with Crippen LogP contribution < -0.4 is 0 Å². The molecule has 2 unspecified atom stereocenters. The predicted molar refractivity (Wildman–Crippen MR) is 199 cm³/mol. The van der Waals surface area contributed by atoms with Crippen molar-refractivity contribution in [1.29, 1.82) is 0 Å². The number of unbranched alkanes of at least 4 members (excludes halogenated alkanes) is 27. The summed E-state index contributed by atoms with van der Waals surface area (Å²) in [6.45, 7) is 9.40. The van der Waals surface area contributed by atoms with Crippen LogP contribution in [0.25, 0.3) is 0 Å². The van der Waals surface area contributed by atoms with Crippen molar-refractivity contribution in [2.45, 2.75) is 252 Å². The lowest BCUT2D eigenvalue weighted by Crippen LogP contribution is -2.13. The van der Waals surface area contributed by atoms with Gasteiger partial charge < -0.3 is 4.57 Å². The number of hydrogen-bond acceptors (Lipinski definition) is 1. The van der Waals surface area contributed by atoms with E-state index in [1.807, 2.05) is 0 Å². The number of nitrogens with zero attached hydrogens (tertiary/aromatic N) is 2. The molecule has 0 saturated heterocycles. The first-order valence-corrected chi connectivity index (χ1v) is 20.8. The maximum atomic E-state index is 5.01. The normalized spacial score (nSPS) is 13.1. The van der Waals surface area contributed by atoms with Crippen LogP contribution in [0, 0.1) is 0 Å². The van der Waals surface area contributed by atoms with E-state index in [0.29, 0.717) is 12.0 Å². The Morgan fingerprint density at radius 2 is 0.727 bits per heavy atom. The van der Waals surface area contributed by atoms with Crippen molar-refractivity contribution in [3.63, 3.8) is 0 Å². The van der Waals surface area contributed by atoms with Crippen LogP contribution in [-0.4, -0.2) is 9.55 Å². The molecule has 2 heteroatoms. The zero-order valence-corrected chi connectivity index (χ0v) is 31.0. The lowest BCUT2D eigenvalue weighted by Gasteiger charge is -2.22. The third kappa shape index (κ3) is 23.5. The quantitative estimate of drug-likeness (QED) is 0.0695. The second-order valence-electron chi connectivity index (χ2n) is 14.7. The van der Waals surface area contributed by atoms with Gasteiger partial charge in [-0.3, -0.25) is 0 Å². The summed E-state index contributed by atoms with van der Waals surface area (Å²) in [7, 11) is 0. The van der Waals surface area contributed by atoms with E-state index >= 15 is 0 Å². The molecule has 44 heavy (non-hydrogen) atoms. The second kappa shape index (κ2) is 32.2. The largest absolute Gasteiger partial charge is 0.332 e. The van der Waals surface area contributed by atoms with E-state index in [0.717, 1.165) is 0 Å². The second-order valence-corrected chi connectivity index (χ2v) is 14.7. The van der Waals surface area contributed by atoms with Gasteiger partial charge in [-0.1, -0.05) is 213 Å². The first-order valence-electron chi connectivity index (χ1n) is 20.8. The molecule has 0 aliphatic carbocycles. The van der Waals surface area contributed by atoms with Crippen molar-refractivity contribution in [1.82, 2.24) is 9.55 Å². The van der Waals surface area contributed by atoms with E-state index in [2.05, 4.69) is 44.7 Å². The molecule has 0 aliphatic rings. The molecule has 1 heterocycles. The number of aromatic nitrogens is 2. The Kier molecular flexibility index (Phi) is 30.1. The fourth-order valence-electron chi connectivity index (χ4n) is 7.24. The SMILES string of the molecule is CCCCCCCCCCCCCCC(CCCCCCCC)c1nccn1C(C)CCCCCCCCCCCCCC. The Morgan fingerprint density at radius 3 is 1.07 bits per heavy atom. The molecule has 0 aliphatic heterocycles. The molecule has 260 valence electrons. The topological polar surface area (TPSA) is 17.8 Å². The van der Waals surface area contributed by atoms with Gasteiger partial charge in [0.15, 0.2) is 0 Å². The van der Waals surface area contributed by atoms with Crippen LogP contribution in [0.3, 0.4) is 0 Å². The lowest BCUT2D eigenvalue weighted by atomic mass is 9.92. The highest BCUT2D eigenvalue weighted by Crippen LogP contribution is 2.31. The summed E-state index contributed by atoms with van der Waals surface area (Å²) in [5.41, 5.74) is 0. The van der Waals surface area contributed by atoms with Crippen LogP contribution >= 0.6 is 0 Å². The molecule has 0 N–H and O–H groups in total. The van der Waals surface area contributed by atoms with Gasteiger partial charge in [-0.05, 0) is 26.2 Å². The van der Waals surface area contributed by atoms with E-state index in [4.69, 9.17) is 4.98 Å². The number of rotatable bonds is 35. The molecule has 0 radical (unpaired) electrons. The van der Waals surface area contributed by atoms with E-state index in [1.165, 1.54) is 218 Å². The number of imidazole rings is 1. The summed E-state index contributed by atoms with van der Waals surface area (Å²) < 4.78 is 2.58. The van der Waals surface area contributed by atoms with E-state index in [-0.39, 0.29) is 0 Å². The zero-order valence-electron chi connectivity index (χ0n) is 31.0. The highest BCUT2D eigenvalue weighted by molar-refractivity contribution is 5.02. The van der Waals surface area contributed by atoms with Crippen molar-refractivity contribution in [3.8, 4) is 0 Å². The Labute approximate surface area is 278 Å². The molecule has 1 aromatic heterocycles. The van der Waals surface area contributed by atoms with Crippen molar-refractivity contribution in [2.75, 3.05) is 0 Å². The van der Waals surface area contributed by atoms with Crippen molar-refractivity contribution in [2.24, 2.45) is 0 Å². The fourth-order valence-corrected chi connectivity index (χ4v) is 7.24. The van der Waals surface area contributed by atoms with Crippen molar-refractivity contribution in [3.05, 3.63) is 18.2 Å². The summed E-state index contributed by atoms with van der Waals surface area (Å²) in [5.74, 6) is 2.07. The van der Waals surface area contributed by atoms with Gasteiger partial charge in [0, 0.05) is 24.4 Å². The molecule has 1 rings (SSSR count). The highest BCUT2D eigenvalue weighted by atomic mass is 15.1. The van der Waals surface area contributed by atoms with E-state index in [1.54, 1.807) is 0 Å². The Bertz CT molecular complexity index is 679. The molecule has 0 fully saturated rings. The zero-order chi connectivity index (χ0) is 31.8. The van der Waals surface area contributed by atoms with Gasteiger partial charge in [-0.15, -0.1) is 0 Å². The van der Waals surface area contributed by atoms with Gasteiger partial charge in [0.05, 0.1) is 0 Å². The fraction of sp³-hybridized carbons (Fsp3) is 0.929. The molecule has 0 spiro atoms. The number of hydrogen-bond donors (Lipinski definition) is 0. The molecule has 1 aromatic rings. The van der Waals surface area contributed by atoms with Gasteiger partial charge in [0.1, 0.15) is 5.82 Å². The highest BCUT2D eigenvalue weighted by Gasteiger charge is 2.19. The van der Waals surface area contributed by atoms with Crippen LogP contribution in [0.4, 0.5) is 0 Å². The molecule has 0 amide bonds. The molecule has 2 atom stereocenters. The Balaban J connectivity index is 2.35. The maximum absolute atomic E-state index is 5.01. The maximum Gasteiger partial charge on any atom is 0.111 e. The molecular weight excluding hydrogens is 532 g/mol. The lowest BCUT2D eigenvalue weighted by molar-refractivity contribution is 0.412. The third-order valence-electron chi connectivity index (χ3n) is 10.3. The molecule has 0 saturated carbocycles. The van der Waals surface area contributed by atoms with Gasteiger partial charge in [-0.2, -0.15) is 0 Å². The smallest absolute Gasteiger partial charge is 0.111 e. The van der Waals surface area contributed by atoms with Crippen LogP contribution in [-0.2, 0) is 0 Å². The Hall–Kier alpha value is -0.790. The first-order chi connectivity index (χ1) is 21.7. The predicted octanol–water partition coefficient (Wildman–Crippen LogP) is 15.5. The van der Waals surface area contributed by atoms with Crippen LogP contribution in [0.2, 0.25) is 0 Å². The molecule has 0 bridgehead atoms. The van der Waals surface area contributed by atoms with Gasteiger partial charge in [-0.25, -0.2) is 4.98 Å². The minimum Gasteiger partial charge on any atom is -0.332 e. The average molecular weight is 615 g/mol. The summed E-state index contributed by atoms with van der Waals surface area (Å²) in [4.78, 5) is 5.01.